The van der Waals surface area contributed by atoms with Crippen LogP contribution in [0.2, 0.25) is 0 Å². The van der Waals surface area contributed by atoms with Gasteiger partial charge in [0.25, 0.3) is 5.91 Å². The number of rotatable bonds is 6. The predicted molar refractivity (Wildman–Crippen MR) is 85.9 cm³/mol. The van der Waals surface area contributed by atoms with Gasteiger partial charge in [0.1, 0.15) is 0 Å². The Bertz CT molecular complexity index is 482. The maximum atomic E-state index is 12.4. The molecular formula is C17H26N2O2. The molecule has 2 N–H and O–H groups in total. The molecule has 0 aromatic heterocycles. The van der Waals surface area contributed by atoms with E-state index in [9.17, 15) is 9.90 Å². The van der Waals surface area contributed by atoms with Crippen LogP contribution in [0.1, 0.15) is 48.5 Å². The molecule has 1 aliphatic rings. The summed E-state index contributed by atoms with van der Waals surface area (Å²) in [5.74, 6) is -0.0873. The van der Waals surface area contributed by atoms with Crippen LogP contribution in [0.25, 0.3) is 0 Å². The fraction of sp³-hybridized carbons (Fsp3) is 0.588. The molecule has 4 heteroatoms. The summed E-state index contributed by atoms with van der Waals surface area (Å²) in [4.78, 5) is 14.7. The minimum Gasteiger partial charge on any atom is -0.391 e. The molecule has 1 saturated heterocycles. The van der Waals surface area contributed by atoms with Gasteiger partial charge in [0.05, 0.1) is 11.7 Å². The number of nitrogens with zero attached hydrogens (tertiary/aromatic N) is 1. The van der Waals surface area contributed by atoms with Crippen LogP contribution in [-0.2, 0) is 0 Å². The average Bonchev–Trinajstić information content (AvgIpc) is 2.99. The van der Waals surface area contributed by atoms with Crippen molar-refractivity contribution in [3.05, 3.63) is 29.3 Å². The van der Waals surface area contributed by atoms with Crippen LogP contribution in [0, 0.1) is 6.92 Å². The highest BCUT2D eigenvalue weighted by Crippen LogP contribution is 2.25. The van der Waals surface area contributed by atoms with Gasteiger partial charge in [-0.25, -0.2) is 0 Å². The van der Waals surface area contributed by atoms with Gasteiger partial charge in [-0.3, -0.25) is 4.79 Å². The maximum Gasteiger partial charge on any atom is 0.253 e. The quantitative estimate of drug-likeness (QED) is 0.846. The van der Waals surface area contributed by atoms with E-state index in [1.165, 1.54) is 12.8 Å². The second-order valence-corrected chi connectivity index (χ2v) is 5.87. The molecule has 0 saturated carbocycles. The van der Waals surface area contributed by atoms with E-state index in [0.717, 1.165) is 36.3 Å². The van der Waals surface area contributed by atoms with Crippen LogP contribution in [-0.4, -0.2) is 36.8 Å². The average molecular weight is 290 g/mol. The number of anilines is 1. The first-order valence-corrected chi connectivity index (χ1v) is 7.93. The summed E-state index contributed by atoms with van der Waals surface area (Å²) in [6, 6.07) is 6.03. The summed E-state index contributed by atoms with van der Waals surface area (Å²) in [7, 11) is 0. The van der Waals surface area contributed by atoms with Crippen molar-refractivity contribution in [2.75, 3.05) is 24.5 Å². The van der Waals surface area contributed by atoms with Gasteiger partial charge in [-0.05, 0) is 38.3 Å². The molecule has 1 heterocycles. The minimum absolute atomic E-state index is 0.0873. The Morgan fingerprint density at radius 2 is 2.10 bits per heavy atom. The van der Waals surface area contributed by atoms with E-state index in [0.29, 0.717) is 13.0 Å². The number of hydrogen-bond donors (Lipinski definition) is 2. The molecule has 0 spiro atoms. The zero-order valence-corrected chi connectivity index (χ0v) is 13.1. The largest absolute Gasteiger partial charge is 0.391 e. The molecule has 1 fully saturated rings. The lowest BCUT2D eigenvalue weighted by Crippen LogP contribution is -2.33. The number of aliphatic hydroxyl groups is 1. The number of benzene rings is 1. The first-order chi connectivity index (χ1) is 10.1. The third-order valence-corrected chi connectivity index (χ3v) is 3.96. The van der Waals surface area contributed by atoms with E-state index in [-0.39, 0.29) is 5.91 Å². The predicted octanol–water partition coefficient (Wildman–Crippen LogP) is 2.49. The Balaban J connectivity index is 2.09. The zero-order valence-electron chi connectivity index (χ0n) is 13.1. The summed E-state index contributed by atoms with van der Waals surface area (Å²) in [6.07, 6.45) is 3.54. The van der Waals surface area contributed by atoms with Crippen molar-refractivity contribution in [3.8, 4) is 0 Å². The highest BCUT2D eigenvalue weighted by atomic mass is 16.3. The highest BCUT2D eigenvalue weighted by Gasteiger charge is 2.19. The van der Waals surface area contributed by atoms with Gasteiger partial charge >= 0.3 is 0 Å². The number of carbonyl (C=O) groups excluding carboxylic acids is 1. The van der Waals surface area contributed by atoms with Crippen molar-refractivity contribution in [1.29, 1.82) is 0 Å². The molecule has 0 aliphatic carbocycles. The topological polar surface area (TPSA) is 52.6 Å². The SMILES string of the molecule is CCCC(O)CNC(=O)c1cc(C)ccc1N1CCCC1. The van der Waals surface area contributed by atoms with Gasteiger partial charge in [0, 0.05) is 25.3 Å². The monoisotopic (exact) mass is 290 g/mol. The lowest BCUT2D eigenvalue weighted by Gasteiger charge is -2.22. The summed E-state index contributed by atoms with van der Waals surface area (Å²) in [5, 5.41) is 12.6. The first-order valence-electron chi connectivity index (χ1n) is 7.93. The number of amides is 1. The Morgan fingerprint density at radius 1 is 1.38 bits per heavy atom. The van der Waals surface area contributed by atoms with E-state index in [1.54, 1.807) is 0 Å². The fourth-order valence-corrected chi connectivity index (χ4v) is 2.81. The Hall–Kier alpha value is -1.55. The van der Waals surface area contributed by atoms with E-state index < -0.39 is 6.10 Å². The molecule has 0 radical (unpaired) electrons. The smallest absolute Gasteiger partial charge is 0.253 e. The Kier molecular flexibility index (Phi) is 5.62. The second kappa shape index (κ2) is 7.46. The van der Waals surface area contributed by atoms with E-state index in [4.69, 9.17) is 0 Å². The van der Waals surface area contributed by atoms with Crippen LogP contribution >= 0.6 is 0 Å². The maximum absolute atomic E-state index is 12.4. The number of aryl methyl sites for hydroxylation is 1. The number of carbonyl (C=O) groups is 1. The van der Waals surface area contributed by atoms with Crippen molar-refractivity contribution in [2.45, 2.75) is 45.6 Å². The van der Waals surface area contributed by atoms with Gasteiger partial charge in [0.15, 0.2) is 0 Å². The molecule has 21 heavy (non-hydrogen) atoms. The highest BCUT2D eigenvalue weighted by molar-refractivity contribution is 6.00. The van der Waals surface area contributed by atoms with Crippen molar-refractivity contribution in [3.63, 3.8) is 0 Å². The molecule has 1 aromatic carbocycles. The Morgan fingerprint density at radius 3 is 2.76 bits per heavy atom. The molecule has 0 bridgehead atoms. The van der Waals surface area contributed by atoms with Crippen molar-refractivity contribution in [2.24, 2.45) is 0 Å². The normalized spacial score (nSPS) is 16.0. The lowest BCUT2D eigenvalue weighted by atomic mass is 10.1. The molecule has 4 nitrogen and oxygen atoms in total. The van der Waals surface area contributed by atoms with Crippen molar-refractivity contribution >= 4 is 11.6 Å². The van der Waals surface area contributed by atoms with Crippen LogP contribution in [0.15, 0.2) is 18.2 Å². The van der Waals surface area contributed by atoms with Gasteiger partial charge in [-0.2, -0.15) is 0 Å². The lowest BCUT2D eigenvalue weighted by molar-refractivity contribution is 0.0910. The van der Waals surface area contributed by atoms with Gasteiger partial charge < -0.3 is 15.3 Å². The van der Waals surface area contributed by atoms with Crippen molar-refractivity contribution in [1.82, 2.24) is 5.32 Å². The number of hydrogen-bond acceptors (Lipinski definition) is 3. The molecule has 2 rings (SSSR count). The van der Waals surface area contributed by atoms with Crippen LogP contribution in [0.5, 0.6) is 0 Å². The summed E-state index contributed by atoms with van der Waals surface area (Å²) in [6.45, 7) is 6.37. The molecule has 1 aromatic rings. The molecule has 1 unspecified atom stereocenters. The molecule has 1 amide bonds. The second-order valence-electron chi connectivity index (χ2n) is 5.87. The Labute approximate surface area is 127 Å². The van der Waals surface area contributed by atoms with Crippen LogP contribution in [0.4, 0.5) is 5.69 Å². The molecule has 1 aliphatic heterocycles. The molecule has 116 valence electrons. The van der Waals surface area contributed by atoms with E-state index in [2.05, 4.69) is 16.3 Å². The molecule has 1 atom stereocenters. The standard InChI is InChI=1S/C17H26N2O2/c1-3-6-14(20)12-18-17(21)15-11-13(2)7-8-16(15)19-9-4-5-10-19/h7-8,11,14,20H,3-6,9-10,12H2,1-2H3,(H,18,21). The third-order valence-electron chi connectivity index (χ3n) is 3.96. The van der Waals surface area contributed by atoms with Crippen molar-refractivity contribution < 1.29 is 9.90 Å². The summed E-state index contributed by atoms with van der Waals surface area (Å²) < 4.78 is 0. The molecular weight excluding hydrogens is 264 g/mol. The minimum atomic E-state index is -0.459. The summed E-state index contributed by atoms with van der Waals surface area (Å²) >= 11 is 0. The fourth-order valence-electron chi connectivity index (χ4n) is 2.81. The first kappa shape index (κ1) is 15.8. The van der Waals surface area contributed by atoms with Gasteiger partial charge in [-0.1, -0.05) is 25.0 Å². The number of aliphatic hydroxyl groups excluding tert-OH is 1. The summed E-state index contributed by atoms with van der Waals surface area (Å²) in [5.41, 5.74) is 2.82. The number of nitrogens with one attached hydrogen (secondary N) is 1. The van der Waals surface area contributed by atoms with E-state index >= 15 is 0 Å². The zero-order chi connectivity index (χ0) is 15.2. The van der Waals surface area contributed by atoms with E-state index in [1.807, 2.05) is 26.0 Å². The van der Waals surface area contributed by atoms with Gasteiger partial charge in [-0.15, -0.1) is 0 Å². The van der Waals surface area contributed by atoms with Gasteiger partial charge in [0.2, 0.25) is 0 Å². The third kappa shape index (κ3) is 4.21. The van der Waals surface area contributed by atoms with Crippen LogP contribution in [0.3, 0.4) is 0 Å². The van der Waals surface area contributed by atoms with Crippen LogP contribution < -0.4 is 10.2 Å².